The molecule has 0 radical (unpaired) electrons. The lowest BCUT2D eigenvalue weighted by Crippen LogP contribution is -2.20. The third kappa shape index (κ3) is 3.98. The van der Waals surface area contributed by atoms with Crippen LogP contribution in [0.15, 0.2) is 6.07 Å². The number of aryl methyl sites for hydroxylation is 2. The minimum absolute atomic E-state index is 0.0152. The quantitative estimate of drug-likeness (QED) is 0.823. The van der Waals surface area contributed by atoms with Gasteiger partial charge >= 0.3 is 0 Å². The third-order valence-corrected chi connectivity index (χ3v) is 2.51. The van der Waals surface area contributed by atoms with Crippen molar-refractivity contribution in [3.8, 4) is 5.75 Å². The summed E-state index contributed by atoms with van der Waals surface area (Å²) in [6, 6.07) is 1.93. The second-order valence-electron chi connectivity index (χ2n) is 4.12. The predicted octanol–water partition coefficient (Wildman–Crippen LogP) is 1.96. The Hall–Kier alpha value is -1.13. The fourth-order valence-electron chi connectivity index (χ4n) is 1.71. The van der Waals surface area contributed by atoms with Crippen LogP contribution in [0.4, 0.5) is 0 Å². The molecule has 4 nitrogen and oxygen atoms in total. The van der Waals surface area contributed by atoms with Gasteiger partial charge in [0.15, 0.2) is 0 Å². The molecule has 1 aromatic rings. The minimum atomic E-state index is 0.0152. The van der Waals surface area contributed by atoms with Gasteiger partial charge in [-0.25, -0.2) is 0 Å². The molecule has 0 saturated carbocycles. The van der Waals surface area contributed by atoms with E-state index in [0.29, 0.717) is 19.8 Å². The number of rotatable bonds is 6. The summed E-state index contributed by atoms with van der Waals surface area (Å²) in [5, 5.41) is 0. The Morgan fingerprint density at radius 1 is 1.41 bits per heavy atom. The molecule has 1 unspecified atom stereocenters. The molecule has 0 spiro atoms. The second kappa shape index (κ2) is 6.57. The molecular weight excluding hydrogens is 216 g/mol. The molecule has 0 amide bonds. The molecule has 1 atom stereocenters. The van der Waals surface area contributed by atoms with E-state index in [-0.39, 0.29) is 6.10 Å². The lowest BCUT2D eigenvalue weighted by atomic mass is 10.1. The van der Waals surface area contributed by atoms with Crippen LogP contribution < -0.4 is 10.5 Å². The molecule has 0 bridgehead atoms. The third-order valence-electron chi connectivity index (χ3n) is 2.51. The van der Waals surface area contributed by atoms with Gasteiger partial charge in [-0.15, -0.1) is 0 Å². The molecule has 96 valence electrons. The van der Waals surface area contributed by atoms with Crippen LogP contribution in [-0.4, -0.2) is 24.3 Å². The monoisotopic (exact) mass is 238 g/mol. The molecule has 0 aromatic carbocycles. The second-order valence-corrected chi connectivity index (χ2v) is 4.12. The maximum absolute atomic E-state index is 5.86. The van der Waals surface area contributed by atoms with Crippen molar-refractivity contribution in [2.45, 2.75) is 40.3 Å². The van der Waals surface area contributed by atoms with Crippen LogP contribution in [-0.2, 0) is 11.3 Å². The molecule has 0 aliphatic heterocycles. The van der Waals surface area contributed by atoms with Gasteiger partial charge in [0.2, 0.25) is 0 Å². The van der Waals surface area contributed by atoms with Gasteiger partial charge in [-0.05, 0) is 27.7 Å². The highest BCUT2D eigenvalue weighted by Gasteiger charge is 2.11. The van der Waals surface area contributed by atoms with Gasteiger partial charge in [-0.3, -0.25) is 4.98 Å². The summed E-state index contributed by atoms with van der Waals surface area (Å²) in [6.07, 6.45) is 0.0152. The first-order valence-corrected chi connectivity index (χ1v) is 6.00. The average molecular weight is 238 g/mol. The number of pyridine rings is 1. The fourth-order valence-corrected chi connectivity index (χ4v) is 1.71. The Labute approximate surface area is 103 Å². The Balaban J connectivity index is 2.81. The van der Waals surface area contributed by atoms with Crippen LogP contribution in [0.3, 0.4) is 0 Å². The van der Waals surface area contributed by atoms with Crippen molar-refractivity contribution in [1.82, 2.24) is 4.98 Å². The summed E-state index contributed by atoms with van der Waals surface area (Å²) in [5.74, 6) is 0.824. The van der Waals surface area contributed by atoms with Crippen LogP contribution >= 0.6 is 0 Å². The predicted molar refractivity (Wildman–Crippen MR) is 68.2 cm³/mol. The van der Waals surface area contributed by atoms with Gasteiger partial charge in [0, 0.05) is 36.2 Å². The van der Waals surface area contributed by atoms with Crippen molar-refractivity contribution in [1.29, 1.82) is 0 Å². The number of aromatic nitrogens is 1. The minimum Gasteiger partial charge on any atom is -0.488 e. The van der Waals surface area contributed by atoms with E-state index in [2.05, 4.69) is 4.98 Å². The summed E-state index contributed by atoms with van der Waals surface area (Å²) in [7, 11) is 0. The van der Waals surface area contributed by atoms with Crippen LogP contribution in [0.5, 0.6) is 5.75 Å². The molecule has 17 heavy (non-hydrogen) atoms. The topological polar surface area (TPSA) is 57.4 Å². The zero-order valence-corrected chi connectivity index (χ0v) is 11.1. The van der Waals surface area contributed by atoms with Gasteiger partial charge in [-0.1, -0.05) is 0 Å². The van der Waals surface area contributed by atoms with Gasteiger partial charge in [0.05, 0.1) is 6.61 Å². The summed E-state index contributed by atoms with van der Waals surface area (Å²) >= 11 is 0. The van der Waals surface area contributed by atoms with E-state index in [1.54, 1.807) is 0 Å². The number of hydrogen-bond donors (Lipinski definition) is 1. The molecule has 1 rings (SSSR count). The van der Waals surface area contributed by atoms with E-state index in [0.717, 1.165) is 22.7 Å². The Bertz CT molecular complexity index is 367. The lowest BCUT2D eigenvalue weighted by molar-refractivity contribution is 0.0651. The van der Waals surface area contributed by atoms with E-state index in [1.165, 1.54) is 0 Å². The van der Waals surface area contributed by atoms with Gasteiger partial charge in [-0.2, -0.15) is 0 Å². The van der Waals surface area contributed by atoms with Crippen molar-refractivity contribution >= 4 is 0 Å². The van der Waals surface area contributed by atoms with Crippen LogP contribution in [0.25, 0.3) is 0 Å². The van der Waals surface area contributed by atoms with Crippen molar-refractivity contribution in [3.63, 3.8) is 0 Å². The first kappa shape index (κ1) is 13.9. The molecule has 1 aromatic heterocycles. The van der Waals surface area contributed by atoms with Crippen molar-refractivity contribution in [3.05, 3.63) is 23.0 Å². The first-order valence-electron chi connectivity index (χ1n) is 6.00. The van der Waals surface area contributed by atoms with Crippen molar-refractivity contribution in [2.75, 3.05) is 13.2 Å². The lowest BCUT2D eigenvalue weighted by Gasteiger charge is -2.18. The zero-order chi connectivity index (χ0) is 12.8. The summed E-state index contributed by atoms with van der Waals surface area (Å²) in [6.45, 7) is 9.59. The number of nitrogens with zero attached hydrogens (tertiary/aromatic N) is 1. The first-order chi connectivity index (χ1) is 8.08. The van der Waals surface area contributed by atoms with Crippen LogP contribution in [0, 0.1) is 13.8 Å². The van der Waals surface area contributed by atoms with Gasteiger partial charge in [0.1, 0.15) is 11.9 Å². The number of hydrogen-bond acceptors (Lipinski definition) is 4. The number of ether oxygens (including phenoxy) is 2. The van der Waals surface area contributed by atoms with Crippen molar-refractivity contribution < 1.29 is 9.47 Å². The van der Waals surface area contributed by atoms with Crippen LogP contribution in [0.2, 0.25) is 0 Å². The molecule has 0 saturated heterocycles. The summed E-state index contributed by atoms with van der Waals surface area (Å²) in [4.78, 5) is 4.38. The van der Waals surface area contributed by atoms with E-state index >= 15 is 0 Å². The van der Waals surface area contributed by atoms with E-state index < -0.39 is 0 Å². The van der Waals surface area contributed by atoms with E-state index in [9.17, 15) is 0 Å². The fraction of sp³-hybridized carbons (Fsp3) is 0.615. The normalized spacial score (nSPS) is 12.5. The molecule has 1 heterocycles. The molecule has 2 N–H and O–H groups in total. The highest BCUT2D eigenvalue weighted by atomic mass is 16.5. The van der Waals surface area contributed by atoms with E-state index in [4.69, 9.17) is 15.2 Å². The molecule has 0 fully saturated rings. The smallest absolute Gasteiger partial charge is 0.127 e. The SMILES string of the molecule is CCOCC(C)Oc1cc(C)nc(C)c1CN. The number of nitrogens with two attached hydrogens (primary N) is 1. The molecule has 0 aliphatic carbocycles. The maximum Gasteiger partial charge on any atom is 0.127 e. The Kier molecular flexibility index (Phi) is 5.38. The van der Waals surface area contributed by atoms with Gasteiger partial charge < -0.3 is 15.2 Å². The molecular formula is C13H22N2O2. The highest BCUT2D eigenvalue weighted by Crippen LogP contribution is 2.22. The van der Waals surface area contributed by atoms with Crippen molar-refractivity contribution in [2.24, 2.45) is 5.73 Å². The van der Waals surface area contributed by atoms with Crippen LogP contribution in [0.1, 0.15) is 30.8 Å². The Morgan fingerprint density at radius 2 is 2.12 bits per heavy atom. The summed E-state index contributed by atoms with van der Waals surface area (Å²) in [5.41, 5.74) is 8.58. The summed E-state index contributed by atoms with van der Waals surface area (Å²) < 4.78 is 11.2. The standard InChI is InChI=1S/C13H22N2O2/c1-5-16-8-10(3)17-13-6-9(2)15-11(4)12(13)7-14/h6,10H,5,7-8,14H2,1-4H3. The van der Waals surface area contributed by atoms with Gasteiger partial charge in [0.25, 0.3) is 0 Å². The zero-order valence-electron chi connectivity index (χ0n) is 11.1. The largest absolute Gasteiger partial charge is 0.488 e. The molecule has 0 aliphatic rings. The highest BCUT2D eigenvalue weighted by molar-refractivity contribution is 5.37. The average Bonchev–Trinajstić information content (AvgIpc) is 2.25. The molecule has 4 heteroatoms. The van der Waals surface area contributed by atoms with E-state index in [1.807, 2.05) is 33.8 Å². The maximum atomic E-state index is 5.86. The Morgan fingerprint density at radius 3 is 2.71 bits per heavy atom.